The van der Waals surface area contributed by atoms with Gasteiger partial charge in [-0.2, -0.15) is 5.10 Å². The minimum atomic E-state index is 0. The minimum absolute atomic E-state index is 0. The Labute approximate surface area is 136 Å². The Kier molecular flexibility index (Phi) is 4.68. The average molecular weight is 326 g/mol. The van der Waals surface area contributed by atoms with E-state index in [0.29, 0.717) is 11.8 Å². The van der Waals surface area contributed by atoms with E-state index in [1.54, 1.807) is 0 Å². The van der Waals surface area contributed by atoms with Gasteiger partial charge in [0.1, 0.15) is 5.82 Å². The predicted octanol–water partition coefficient (Wildman–Crippen LogP) is 1.56. The van der Waals surface area contributed by atoms with E-state index in [2.05, 4.69) is 20.5 Å². The lowest BCUT2D eigenvalue weighted by atomic mass is 9.96. The third kappa shape index (κ3) is 3.13. The molecule has 2 atom stereocenters. The Morgan fingerprint density at radius 3 is 2.73 bits per heavy atom. The van der Waals surface area contributed by atoms with Gasteiger partial charge in [0.2, 0.25) is 5.91 Å². The molecule has 1 saturated carbocycles. The number of hydrogen-bond acceptors (Lipinski definition) is 4. The summed E-state index contributed by atoms with van der Waals surface area (Å²) in [6, 6.07) is 0.0397. The first kappa shape index (κ1) is 15.7. The van der Waals surface area contributed by atoms with Gasteiger partial charge in [0.25, 0.3) is 0 Å². The Bertz CT molecular complexity index is 524. The van der Waals surface area contributed by atoms with E-state index in [-0.39, 0.29) is 24.4 Å². The molecule has 2 aliphatic heterocycles. The highest BCUT2D eigenvalue weighted by atomic mass is 35.5. The summed E-state index contributed by atoms with van der Waals surface area (Å²) in [5.74, 6) is 3.14. The molecule has 1 aromatic rings. The number of amides is 1. The number of aromatic nitrogens is 3. The largest absolute Gasteiger partial charge is 0.341 e. The third-order valence-corrected chi connectivity index (χ3v) is 4.94. The molecule has 0 aromatic carbocycles. The van der Waals surface area contributed by atoms with E-state index < -0.39 is 0 Å². The number of H-pyrrole nitrogens is 1. The lowest BCUT2D eigenvalue weighted by Gasteiger charge is -2.33. The second kappa shape index (κ2) is 6.54. The van der Waals surface area contributed by atoms with Crippen molar-refractivity contribution in [3.63, 3.8) is 0 Å². The summed E-state index contributed by atoms with van der Waals surface area (Å²) in [6.45, 7) is 2.63. The van der Waals surface area contributed by atoms with Crippen molar-refractivity contribution in [3.8, 4) is 0 Å². The topological polar surface area (TPSA) is 73.9 Å². The molecular formula is C15H24ClN5O. The predicted molar refractivity (Wildman–Crippen MR) is 85.2 cm³/mol. The molecular weight excluding hydrogens is 302 g/mol. The zero-order valence-electron chi connectivity index (χ0n) is 12.8. The Morgan fingerprint density at radius 2 is 2.00 bits per heavy atom. The molecule has 2 saturated heterocycles. The van der Waals surface area contributed by atoms with Crippen LogP contribution in [-0.4, -0.2) is 51.7 Å². The van der Waals surface area contributed by atoms with Crippen LogP contribution in [0.1, 0.15) is 62.0 Å². The summed E-state index contributed by atoms with van der Waals surface area (Å²) in [5.41, 5.74) is 0. The van der Waals surface area contributed by atoms with Gasteiger partial charge in [-0.05, 0) is 45.1 Å². The van der Waals surface area contributed by atoms with Gasteiger partial charge in [0.15, 0.2) is 5.82 Å². The molecule has 1 aliphatic carbocycles. The maximum atomic E-state index is 12.5. The highest BCUT2D eigenvalue weighted by molar-refractivity contribution is 5.85. The maximum Gasteiger partial charge on any atom is 0.239 e. The maximum absolute atomic E-state index is 12.5. The summed E-state index contributed by atoms with van der Waals surface area (Å²) in [7, 11) is 0. The number of nitrogens with zero attached hydrogens (tertiary/aromatic N) is 3. The molecule has 6 nitrogen and oxygen atoms in total. The molecule has 0 bridgehead atoms. The summed E-state index contributed by atoms with van der Waals surface area (Å²) in [4.78, 5) is 19.2. The molecule has 3 aliphatic rings. The molecule has 0 radical (unpaired) electrons. The first-order valence-electron chi connectivity index (χ1n) is 8.25. The lowest BCUT2D eigenvalue weighted by Crippen LogP contribution is -2.47. The molecule has 22 heavy (non-hydrogen) atoms. The Morgan fingerprint density at radius 1 is 1.14 bits per heavy atom. The number of halogens is 1. The second-order valence-electron chi connectivity index (χ2n) is 6.63. The van der Waals surface area contributed by atoms with E-state index >= 15 is 0 Å². The fourth-order valence-corrected chi connectivity index (χ4v) is 3.51. The van der Waals surface area contributed by atoms with Gasteiger partial charge in [-0.15, -0.1) is 12.4 Å². The average Bonchev–Trinajstić information content (AvgIpc) is 3.05. The fraction of sp³-hybridized carbons (Fsp3) is 0.800. The van der Waals surface area contributed by atoms with Gasteiger partial charge in [0, 0.05) is 24.9 Å². The van der Waals surface area contributed by atoms with Crippen molar-refractivity contribution < 1.29 is 4.79 Å². The molecule has 3 heterocycles. The molecule has 7 heteroatoms. The minimum Gasteiger partial charge on any atom is -0.341 e. The first-order valence-corrected chi connectivity index (χ1v) is 8.25. The van der Waals surface area contributed by atoms with Crippen molar-refractivity contribution in [1.82, 2.24) is 25.4 Å². The number of rotatable bonds is 3. The number of carbonyl (C=O) groups is 1. The summed E-state index contributed by atoms with van der Waals surface area (Å²) >= 11 is 0. The van der Waals surface area contributed by atoms with Crippen LogP contribution in [0.25, 0.3) is 0 Å². The number of likely N-dealkylation sites (tertiary alicyclic amines) is 1. The standard InChI is InChI=1S/C15H23N5O.ClH/c21-15(12-4-1-7-16-12)20-8-2-3-11(9-20)14-17-13(18-19-14)10-5-6-10;/h10-12,16H,1-9H2,(H,17,18,19);1H. The molecule has 1 aromatic heterocycles. The molecule has 122 valence electrons. The van der Waals surface area contributed by atoms with E-state index in [4.69, 9.17) is 0 Å². The van der Waals surface area contributed by atoms with Crippen LogP contribution in [0.3, 0.4) is 0 Å². The van der Waals surface area contributed by atoms with Crippen LogP contribution in [0.4, 0.5) is 0 Å². The number of piperidine rings is 1. The zero-order chi connectivity index (χ0) is 14.2. The summed E-state index contributed by atoms with van der Waals surface area (Å²) < 4.78 is 0. The van der Waals surface area contributed by atoms with E-state index in [1.165, 1.54) is 12.8 Å². The van der Waals surface area contributed by atoms with E-state index in [9.17, 15) is 4.79 Å². The van der Waals surface area contributed by atoms with Crippen LogP contribution in [0.15, 0.2) is 0 Å². The lowest BCUT2D eigenvalue weighted by molar-refractivity contribution is -0.134. The van der Waals surface area contributed by atoms with Crippen molar-refractivity contribution >= 4 is 18.3 Å². The first-order chi connectivity index (χ1) is 10.3. The number of carbonyl (C=O) groups excluding carboxylic acids is 1. The molecule has 2 unspecified atom stereocenters. The van der Waals surface area contributed by atoms with Gasteiger partial charge in [-0.25, -0.2) is 4.98 Å². The number of aromatic amines is 1. The molecule has 4 rings (SSSR count). The third-order valence-electron chi connectivity index (χ3n) is 4.94. The second-order valence-corrected chi connectivity index (χ2v) is 6.63. The van der Waals surface area contributed by atoms with Gasteiger partial charge in [0.05, 0.1) is 6.04 Å². The number of hydrogen-bond donors (Lipinski definition) is 2. The van der Waals surface area contributed by atoms with Crippen LogP contribution in [0, 0.1) is 0 Å². The summed E-state index contributed by atoms with van der Waals surface area (Å²) in [5, 5.41) is 10.8. The van der Waals surface area contributed by atoms with Crippen LogP contribution >= 0.6 is 12.4 Å². The Hall–Kier alpha value is -1.14. The summed E-state index contributed by atoms with van der Waals surface area (Å²) in [6.07, 6.45) is 6.70. The molecule has 2 N–H and O–H groups in total. The van der Waals surface area contributed by atoms with Gasteiger partial charge >= 0.3 is 0 Å². The number of nitrogens with one attached hydrogen (secondary N) is 2. The van der Waals surface area contributed by atoms with Crippen LogP contribution in [0.5, 0.6) is 0 Å². The SMILES string of the molecule is Cl.O=C(C1CCCN1)N1CCCC(c2n[nH]c(C3CC3)n2)C1. The monoisotopic (exact) mass is 325 g/mol. The van der Waals surface area contributed by atoms with Crippen LogP contribution in [-0.2, 0) is 4.79 Å². The Balaban J connectivity index is 0.00000144. The van der Waals surface area contributed by atoms with E-state index in [1.807, 2.05) is 4.90 Å². The zero-order valence-corrected chi connectivity index (χ0v) is 13.6. The van der Waals surface area contributed by atoms with Gasteiger partial charge in [-0.3, -0.25) is 9.89 Å². The molecule has 1 amide bonds. The van der Waals surface area contributed by atoms with Gasteiger partial charge < -0.3 is 10.2 Å². The van der Waals surface area contributed by atoms with E-state index in [0.717, 1.165) is 57.0 Å². The normalized spacial score (nSPS) is 28.5. The van der Waals surface area contributed by atoms with Crippen molar-refractivity contribution in [1.29, 1.82) is 0 Å². The van der Waals surface area contributed by atoms with Crippen LogP contribution in [0.2, 0.25) is 0 Å². The van der Waals surface area contributed by atoms with Crippen molar-refractivity contribution in [2.24, 2.45) is 0 Å². The van der Waals surface area contributed by atoms with Crippen LogP contribution < -0.4 is 5.32 Å². The molecule has 0 spiro atoms. The smallest absolute Gasteiger partial charge is 0.239 e. The highest BCUT2D eigenvalue weighted by Gasteiger charge is 2.33. The van der Waals surface area contributed by atoms with Crippen molar-refractivity contribution in [2.45, 2.75) is 56.4 Å². The quantitative estimate of drug-likeness (QED) is 0.884. The highest BCUT2D eigenvalue weighted by Crippen LogP contribution is 2.38. The van der Waals surface area contributed by atoms with Gasteiger partial charge in [-0.1, -0.05) is 0 Å². The van der Waals surface area contributed by atoms with Crippen molar-refractivity contribution in [2.75, 3.05) is 19.6 Å². The molecule has 3 fully saturated rings. The fourth-order valence-electron chi connectivity index (χ4n) is 3.51. The van der Waals surface area contributed by atoms with Crippen molar-refractivity contribution in [3.05, 3.63) is 11.6 Å².